The molecule has 0 radical (unpaired) electrons. The molecular formula is C24H19FN4O2S2. The fraction of sp³-hybridized carbons (Fsp3) is 0.250. The molecule has 3 aromatic heterocycles. The molecule has 5 rings (SSSR count). The van der Waals surface area contributed by atoms with Gasteiger partial charge in [0.05, 0.1) is 17.3 Å². The molecule has 1 N–H and O–H groups in total. The molecule has 0 fully saturated rings. The lowest BCUT2D eigenvalue weighted by molar-refractivity contribution is -0.116. The zero-order chi connectivity index (χ0) is 23.1. The van der Waals surface area contributed by atoms with Crippen molar-refractivity contribution in [1.82, 2.24) is 9.55 Å². The van der Waals surface area contributed by atoms with Crippen LogP contribution in [0.1, 0.15) is 33.7 Å². The second-order valence-corrected chi connectivity index (χ2v) is 10.3. The van der Waals surface area contributed by atoms with Gasteiger partial charge in [0, 0.05) is 15.3 Å². The van der Waals surface area contributed by atoms with E-state index in [1.54, 1.807) is 12.1 Å². The number of fused-ring (bicyclic) bond motifs is 2. The van der Waals surface area contributed by atoms with Gasteiger partial charge >= 0.3 is 0 Å². The van der Waals surface area contributed by atoms with E-state index in [2.05, 4.69) is 16.4 Å². The van der Waals surface area contributed by atoms with Crippen LogP contribution in [0.3, 0.4) is 0 Å². The summed E-state index contributed by atoms with van der Waals surface area (Å²) in [5, 5.41) is 13.4. The summed E-state index contributed by atoms with van der Waals surface area (Å²) in [6.07, 6.45) is 5.29. The largest absolute Gasteiger partial charge is 0.315 e. The lowest BCUT2D eigenvalue weighted by atomic mass is 9.96. The van der Waals surface area contributed by atoms with Gasteiger partial charge in [0.25, 0.3) is 5.56 Å². The van der Waals surface area contributed by atoms with Gasteiger partial charge in [-0.25, -0.2) is 9.37 Å². The zero-order valence-corrected chi connectivity index (χ0v) is 19.4. The SMILES string of the molecule is Cc1sc2ncn(CC(=O)Nc3sc4c(c3C#N)CCCC4)c(=O)c2c1-c1ccc(F)cc1. The van der Waals surface area contributed by atoms with Gasteiger partial charge in [-0.15, -0.1) is 22.7 Å². The molecule has 1 aliphatic rings. The number of carbonyl (C=O) groups excluding carboxylic acids is 1. The monoisotopic (exact) mass is 478 g/mol. The number of carbonyl (C=O) groups is 1. The number of aromatic nitrogens is 2. The Morgan fingerprint density at radius 3 is 2.76 bits per heavy atom. The van der Waals surface area contributed by atoms with Gasteiger partial charge in [0.1, 0.15) is 28.3 Å². The Morgan fingerprint density at radius 2 is 2.00 bits per heavy atom. The number of rotatable bonds is 4. The summed E-state index contributed by atoms with van der Waals surface area (Å²) < 4.78 is 14.7. The van der Waals surface area contributed by atoms with Gasteiger partial charge in [-0.3, -0.25) is 14.2 Å². The molecule has 0 saturated carbocycles. The Hall–Kier alpha value is -3.35. The molecular weight excluding hydrogens is 459 g/mol. The maximum Gasteiger partial charge on any atom is 0.263 e. The van der Waals surface area contributed by atoms with Gasteiger partial charge in [-0.2, -0.15) is 5.26 Å². The van der Waals surface area contributed by atoms with Gasteiger partial charge in [-0.05, 0) is 55.9 Å². The Balaban J connectivity index is 1.47. The van der Waals surface area contributed by atoms with Crippen molar-refractivity contribution in [2.75, 3.05) is 5.32 Å². The number of hydrogen-bond acceptors (Lipinski definition) is 6. The highest BCUT2D eigenvalue weighted by atomic mass is 32.1. The Morgan fingerprint density at radius 1 is 1.24 bits per heavy atom. The highest BCUT2D eigenvalue weighted by molar-refractivity contribution is 7.19. The zero-order valence-electron chi connectivity index (χ0n) is 17.8. The average Bonchev–Trinajstić information content (AvgIpc) is 3.33. The first kappa shape index (κ1) is 21.5. The van der Waals surface area contributed by atoms with Crippen LogP contribution in [0.4, 0.5) is 9.39 Å². The molecule has 1 aromatic carbocycles. The molecule has 0 aliphatic heterocycles. The number of thiophene rings is 2. The predicted octanol–water partition coefficient (Wildman–Crippen LogP) is 5.02. The van der Waals surface area contributed by atoms with Crippen molar-refractivity contribution in [3.8, 4) is 17.2 Å². The van der Waals surface area contributed by atoms with E-state index in [1.807, 2.05) is 6.92 Å². The molecule has 0 unspecified atom stereocenters. The van der Waals surface area contributed by atoms with E-state index in [0.717, 1.165) is 46.6 Å². The average molecular weight is 479 g/mol. The number of nitriles is 1. The van der Waals surface area contributed by atoms with E-state index in [0.29, 0.717) is 26.3 Å². The van der Waals surface area contributed by atoms with E-state index in [1.165, 1.54) is 45.7 Å². The van der Waals surface area contributed by atoms with Gasteiger partial charge in [-0.1, -0.05) is 12.1 Å². The number of amides is 1. The standard InChI is InChI=1S/C24H19FN4O2S2/c1-13-20(14-6-8-15(25)9-7-14)21-23(32-13)27-12-29(24(21)31)11-19(30)28-22-17(10-26)16-4-2-3-5-18(16)33-22/h6-9,12H,2-5,11H2,1H3,(H,28,30). The van der Waals surface area contributed by atoms with Crippen LogP contribution in [0.15, 0.2) is 35.4 Å². The summed E-state index contributed by atoms with van der Waals surface area (Å²) in [7, 11) is 0. The molecule has 6 nitrogen and oxygen atoms in total. The number of hydrogen-bond donors (Lipinski definition) is 1. The summed E-state index contributed by atoms with van der Waals surface area (Å²) in [6.45, 7) is 1.68. The third kappa shape index (κ3) is 3.86. The van der Waals surface area contributed by atoms with Crippen LogP contribution in [-0.4, -0.2) is 15.5 Å². The molecule has 0 saturated heterocycles. The second kappa shape index (κ2) is 8.54. The molecule has 4 aromatic rings. The summed E-state index contributed by atoms with van der Waals surface area (Å²) in [5.41, 5.74) is 2.69. The minimum absolute atomic E-state index is 0.215. The predicted molar refractivity (Wildman–Crippen MR) is 128 cm³/mol. The number of aryl methyl sites for hydroxylation is 2. The lowest BCUT2D eigenvalue weighted by Gasteiger charge is -2.09. The van der Waals surface area contributed by atoms with Crippen LogP contribution in [0, 0.1) is 24.1 Å². The lowest BCUT2D eigenvalue weighted by Crippen LogP contribution is -2.27. The van der Waals surface area contributed by atoms with Crippen LogP contribution in [0.2, 0.25) is 0 Å². The number of halogens is 1. The van der Waals surface area contributed by atoms with Crippen molar-refractivity contribution in [2.24, 2.45) is 0 Å². The molecule has 3 heterocycles. The van der Waals surface area contributed by atoms with Crippen LogP contribution >= 0.6 is 22.7 Å². The topological polar surface area (TPSA) is 87.8 Å². The Bertz CT molecular complexity index is 1490. The quantitative estimate of drug-likeness (QED) is 0.446. The molecule has 33 heavy (non-hydrogen) atoms. The molecule has 166 valence electrons. The molecule has 0 bridgehead atoms. The first-order valence-corrected chi connectivity index (χ1v) is 12.2. The van der Waals surface area contributed by atoms with Gasteiger partial charge in [0.2, 0.25) is 5.91 Å². The number of nitrogens with zero attached hydrogens (tertiary/aromatic N) is 3. The first-order valence-electron chi connectivity index (χ1n) is 10.5. The third-order valence-electron chi connectivity index (χ3n) is 5.84. The van der Waals surface area contributed by atoms with Crippen LogP contribution in [-0.2, 0) is 24.2 Å². The first-order chi connectivity index (χ1) is 16.0. The minimum Gasteiger partial charge on any atom is -0.315 e. The smallest absolute Gasteiger partial charge is 0.263 e. The number of benzene rings is 1. The Kier molecular flexibility index (Phi) is 5.56. The molecule has 1 aliphatic carbocycles. The molecule has 1 amide bonds. The number of nitrogens with one attached hydrogen (secondary N) is 1. The Labute approximate surface area is 197 Å². The van der Waals surface area contributed by atoms with E-state index in [4.69, 9.17) is 0 Å². The third-order valence-corrected chi connectivity index (χ3v) is 8.06. The van der Waals surface area contributed by atoms with Gasteiger partial charge in [0.15, 0.2) is 0 Å². The van der Waals surface area contributed by atoms with Crippen molar-refractivity contribution in [1.29, 1.82) is 5.26 Å². The van der Waals surface area contributed by atoms with E-state index in [-0.39, 0.29) is 23.8 Å². The van der Waals surface area contributed by atoms with Crippen molar-refractivity contribution >= 4 is 43.8 Å². The summed E-state index contributed by atoms with van der Waals surface area (Å²) in [4.78, 5) is 33.1. The van der Waals surface area contributed by atoms with Crippen molar-refractivity contribution in [2.45, 2.75) is 39.2 Å². The van der Waals surface area contributed by atoms with E-state index in [9.17, 15) is 19.2 Å². The number of anilines is 1. The molecule has 0 spiro atoms. The highest BCUT2D eigenvalue weighted by Gasteiger charge is 2.23. The van der Waals surface area contributed by atoms with Crippen molar-refractivity contribution < 1.29 is 9.18 Å². The normalized spacial score (nSPS) is 13.0. The highest BCUT2D eigenvalue weighted by Crippen LogP contribution is 2.38. The summed E-state index contributed by atoms with van der Waals surface area (Å²) in [6, 6.07) is 8.21. The van der Waals surface area contributed by atoms with Crippen LogP contribution in [0.5, 0.6) is 0 Å². The van der Waals surface area contributed by atoms with E-state index < -0.39 is 0 Å². The van der Waals surface area contributed by atoms with Crippen molar-refractivity contribution in [3.63, 3.8) is 0 Å². The fourth-order valence-corrected chi connectivity index (χ4v) is 6.57. The summed E-state index contributed by atoms with van der Waals surface area (Å²) >= 11 is 2.84. The van der Waals surface area contributed by atoms with Crippen molar-refractivity contribution in [3.05, 3.63) is 67.6 Å². The molecule has 0 atom stereocenters. The summed E-state index contributed by atoms with van der Waals surface area (Å²) in [5.74, 6) is -0.737. The van der Waals surface area contributed by atoms with Gasteiger partial charge < -0.3 is 5.32 Å². The fourth-order valence-electron chi connectivity index (χ4n) is 4.31. The van der Waals surface area contributed by atoms with Crippen LogP contribution < -0.4 is 10.9 Å². The minimum atomic E-state index is -0.386. The maximum absolute atomic E-state index is 13.4. The maximum atomic E-state index is 13.4. The van der Waals surface area contributed by atoms with Crippen LogP contribution in [0.25, 0.3) is 21.3 Å². The second-order valence-electron chi connectivity index (χ2n) is 7.97. The van der Waals surface area contributed by atoms with E-state index >= 15 is 0 Å². The molecule has 9 heteroatoms.